The van der Waals surface area contributed by atoms with Crippen molar-refractivity contribution in [3.63, 3.8) is 0 Å². The molecule has 0 aromatic heterocycles. The van der Waals surface area contributed by atoms with Gasteiger partial charge in [-0.3, -0.25) is 4.79 Å². The summed E-state index contributed by atoms with van der Waals surface area (Å²) >= 11 is 7.45. The normalized spacial score (nSPS) is 9.95. The Kier molecular flexibility index (Phi) is 24.4. The minimum atomic E-state index is -0.690. The molecular formula is C16H33BrO2S. The highest BCUT2D eigenvalue weighted by Crippen LogP contribution is 2.08. The summed E-state index contributed by atoms with van der Waals surface area (Å²) in [7, 11) is 0. The van der Waals surface area contributed by atoms with E-state index in [2.05, 4.69) is 35.5 Å². The molecule has 0 radical (unpaired) electrons. The molecule has 4 heteroatoms. The van der Waals surface area contributed by atoms with Gasteiger partial charge in [0.05, 0.1) is 0 Å². The van der Waals surface area contributed by atoms with Gasteiger partial charge in [-0.15, -0.1) is 0 Å². The quantitative estimate of drug-likeness (QED) is 0.234. The first-order chi connectivity index (χ1) is 9.68. The first kappa shape index (κ1) is 22.6. The topological polar surface area (TPSA) is 37.3 Å². The summed E-state index contributed by atoms with van der Waals surface area (Å²) in [4.78, 5) is 9.95. The number of rotatable bonds is 13. The molecule has 0 amide bonds. The molecule has 0 bridgehead atoms. The summed E-state index contributed by atoms with van der Waals surface area (Å²) in [6.07, 6.45) is 14.4. The van der Waals surface area contributed by atoms with E-state index in [9.17, 15) is 4.79 Å². The Morgan fingerprint density at radius 2 is 1.40 bits per heavy atom. The number of unbranched alkanes of at least 4 members (excludes halogenated alkanes) is 9. The molecule has 0 aromatic rings. The van der Waals surface area contributed by atoms with Crippen LogP contribution in [0.15, 0.2) is 0 Å². The molecule has 0 unspecified atom stereocenters. The molecule has 0 atom stereocenters. The Hall–Kier alpha value is 0.300. The van der Waals surface area contributed by atoms with Gasteiger partial charge in [0.25, 0.3) is 0 Å². The fourth-order valence-electron chi connectivity index (χ4n) is 1.79. The van der Waals surface area contributed by atoms with Crippen LogP contribution in [0.25, 0.3) is 0 Å². The first-order valence-electron chi connectivity index (χ1n) is 8.07. The highest BCUT2D eigenvalue weighted by molar-refractivity contribution is 9.09. The summed E-state index contributed by atoms with van der Waals surface area (Å²) in [5.74, 6) is 0.374. The molecule has 0 aromatic carbocycles. The number of carbonyl (C=O) groups is 1. The van der Waals surface area contributed by atoms with Crippen LogP contribution in [0.3, 0.4) is 0 Å². The van der Waals surface area contributed by atoms with Crippen molar-refractivity contribution in [2.75, 3.05) is 11.1 Å². The molecule has 20 heavy (non-hydrogen) atoms. The van der Waals surface area contributed by atoms with Gasteiger partial charge in [0, 0.05) is 11.8 Å². The summed E-state index contributed by atoms with van der Waals surface area (Å²) in [5.41, 5.74) is 0. The second kappa shape index (κ2) is 21.6. The van der Waals surface area contributed by atoms with Gasteiger partial charge in [0.15, 0.2) is 0 Å². The van der Waals surface area contributed by atoms with Crippen molar-refractivity contribution in [1.29, 1.82) is 0 Å². The number of aliphatic carboxylic acids is 1. The average molecular weight is 369 g/mol. The molecule has 1 N–H and O–H groups in total. The molecule has 0 aliphatic rings. The summed E-state index contributed by atoms with van der Waals surface area (Å²) in [5, 5.41) is 9.18. The van der Waals surface area contributed by atoms with Crippen LogP contribution < -0.4 is 0 Å². The lowest BCUT2D eigenvalue weighted by molar-refractivity contribution is -0.137. The molecule has 0 saturated heterocycles. The largest absolute Gasteiger partial charge is 0.481 e. The number of carboxylic acids is 1. The number of halogens is 1. The maximum Gasteiger partial charge on any atom is 0.303 e. The van der Waals surface area contributed by atoms with Gasteiger partial charge < -0.3 is 5.11 Å². The third kappa shape index (κ3) is 26.8. The molecule has 0 fully saturated rings. The molecule has 2 nitrogen and oxygen atoms in total. The third-order valence-corrected chi connectivity index (χ3v) is 3.91. The molecule has 0 aliphatic carbocycles. The van der Waals surface area contributed by atoms with Crippen LogP contribution >= 0.6 is 28.6 Å². The van der Waals surface area contributed by atoms with E-state index in [-0.39, 0.29) is 0 Å². The monoisotopic (exact) mass is 368 g/mol. The van der Waals surface area contributed by atoms with E-state index in [1.165, 1.54) is 51.4 Å². The van der Waals surface area contributed by atoms with Crippen LogP contribution in [-0.2, 0) is 4.79 Å². The van der Waals surface area contributed by atoms with Crippen molar-refractivity contribution in [2.45, 2.75) is 84.0 Å². The van der Waals surface area contributed by atoms with Gasteiger partial charge in [-0.2, -0.15) is 12.6 Å². The molecule has 122 valence electrons. The Labute approximate surface area is 139 Å². The molecule has 0 rings (SSSR count). The lowest BCUT2D eigenvalue weighted by Crippen LogP contribution is -1.93. The van der Waals surface area contributed by atoms with Crippen molar-refractivity contribution >= 4 is 34.5 Å². The molecule has 0 spiro atoms. The second-order valence-electron chi connectivity index (χ2n) is 5.09. The zero-order valence-electron chi connectivity index (χ0n) is 13.1. The van der Waals surface area contributed by atoms with Crippen molar-refractivity contribution in [1.82, 2.24) is 0 Å². The predicted octanol–water partition coefficient (Wildman–Crippen LogP) is 6.08. The fourth-order valence-corrected chi connectivity index (χ4v) is 2.41. The van der Waals surface area contributed by atoms with E-state index in [0.29, 0.717) is 6.42 Å². The van der Waals surface area contributed by atoms with Gasteiger partial charge in [-0.25, -0.2) is 0 Å². The maximum absolute atomic E-state index is 9.95. The van der Waals surface area contributed by atoms with Crippen LogP contribution in [-0.4, -0.2) is 22.2 Å². The average Bonchev–Trinajstić information content (AvgIpc) is 2.43. The molecule has 0 aliphatic heterocycles. The van der Waals surface area contributed by atoms with Crippen LogP contribution in [0.5, 0.6) is 0 Å². The number of hydrogen-bond donors (Lipinski definition) is 2. The maximum atomic E-state index is 9.95. The van der Waals surface area contributed by atoms with Crippen molar-refractivity contribution in [2.24, 2.45) is 0 Å². The summed E-state index contributed by atoms with van der Waals surface area (Å²) < 4.78 is 0. The van der Waals surface area contributed by atoms with Gasteiger partial charge >= 0.3 is 5.97 Å². The Morgan fingerprint density at radius 1 is 0.900 bits per heavy atom. The number of carboxylic acid groups (broad SMARTS) is 1. The summed E-state index contributed by atoms with van der Waals surface area (Å²) in [6, 6.07) is 0. The number of hydrogen-bond acceptors (Lipinski definition) is 2. The standard InChI is InChI=1S/C10H22S.C6H11BrO2/c1-2-3-4-5-6-7-8-9-10-11;7-5-3-1-2-4-6(8)9/h11H,2-10H2,1H3;1-5H2,(H,8,9). The second-order valence-corrected chi connectivity index (χ2v) is 6.33. The third-order valence-electron chi connectivity index (χ3n) is 3.04. The van der Waals surface area contributed by atoms with Gasteiger partial charge in [-0.1, -0.05) is 74.2 Å². The SMILES string of the molecule is CCCCCCCCCCS.O=C(O)CCCCCBr. The minimum absolute atomic E-state index is 0.312. The zero-order valence-corrected chi connectivity index (χ0v) is 15.6. The van der Waals surface area contributed by atoms with Gasteiger partial charge in [-0.05, 0) is 25.0 Å². The Morgan fingerprint density at radius 3 is 1.85 bits per heavy atom. The lowest BCUT2D eigenvalue weighted by atomic mass is 10.1. The van der Waals surface area contributed by atoms with Crippen LogP contribution in [0.2, 0.25) is 0 Å². The van der Waals surface area contributed by atoms with E-state index < -0.39 is 5.97 Å². The van der Waals surface area contributed by atoms with Crippen molar-refractivity contribution in [3.8, 4) is 0 Å². The fraction of sp³-hybridized carbons (Fsp3) is 0.938. The molecular weight excluding hydrogens is 336 g/mol. The van der Waals surface area contributed by atoms with Crippen LogP contribution in [0, 0.1) is 0 Å². The van der Waals surface area contributed by atoms with Crippen molar-refractivity contribution < 1.29 is 9.90 Å². The van der Waals surface area contributed by atoms with Crippen molar-refractivity contribution in [3.05, 3.63) is 0 Å². The van der Waals surface area contributed by atoms with E-state index in [1.807, 2.05) is 0 Å². The highest BCUT2D eigenvalue weighted by atomic mass is 79.9. The minimum Gasteiger partial charge on any atom is -0.481 e. The predicted molar refractivity (Wildman–Crippen MR) is 96.4 cm³/mol. The zero-order chi connectivity index (χ0) is 15.5. The number of alkyl halides is 1. The smallest absolute Gasteiger partial charge is 0.303 e. The summed E-state index contributed by atoms with van der Waals surface area (Å²) in [6.45, 7) is 2.26. The lowest BCUT2D eigenvalue weighted by Gasteiger charge is -1.98. The van der Waals surface area contributed by atoms with E-state index in [4.69, 9.17) is 5.11 Å². The van der Waals surface area contributed by atoms with E-state index in [0.717, 1.165) is 30.3 Å². The first-order valence-corrected chi connectivity index (χ1v) is 9.83. The van der Waals surface area contributed by atoms with E-state index in [1.54, 1.807) is 0 Å². The van der Waals surface area contributed by atoms with Crippen LogP contribution in [0.1, 0.15) is 84.0 Å². The Balaban J connectivity index is 0. The van der Waals surface area contributed by atoms with E-state index >= 15 is 0 Å². The highest BCUT2D eigenvalue weighted by Gasteiger charge is 1.94. The number of thiol groups is 1. The molecule has 0 saturated carbocycles. The van der Waals surface area contributed by atoms with Crippen LogP contribution in [0.4, 0.5) is 0 Å². The Bertz CT molecular complexity index is 181. The van der Waals surface area contributed by atoms with Gasteiger partial charge in [0.1, 0.15) is 0 Å². The molecule has 0 heterocycles. The van der Waals surface area contributed by atoms with Gasteiger partial charge in [0.2, 0.25) is 0 Å².